The lowest BCUT2D eigenvalue weighted by Gasteiger charge is -2.41. The molecule has 2 saturated carbocycles. The van der Waals surface area contributed by atoms with Crippen LogP contribution in [0.4, 0.5) is 5.69 Å². The molecular formula is C23H34N2. The quantitative estimate of drug-likeness (QED) is 0.644. The number of hydrogen-bond donors (Lipinski definition) is 0. The summed E-state index contributed by atoms with van der Waals surface area (Å²) in [4.78, 5) is 4.54. The molecule has 0 N–H and O–H groups in total. The Labute approximate surface area is 158 Å². The van der Waals surface area contributed by atoms with Gasteiger partial charge in [0.25, 0.3) is 0 Å². The van der Waals surface area contributed by atoms with Gasteiger partial charge in [-0.2, -0.15) is 0 Å². The average Bonchev–Trinajstić information content (AvgIpc) is 3.28. The van der Waals surface area contributed by atoms with E-state index in [1.54, 1.807) is 0 Å². The number of anilines is 1. The van der Waals surface area contributed by atoms with Crippen molar-refractivity contribution in [3.63, 3.8) is 0 Å². The molecule has 0 aromatic heterocycles. The second-order valence-corrected chi connectivity index (χ2v) is 8.18. The van der Waals surface area contributed by atoms with Crippen molar-refractivity contribution in [2.45, 2.75) is 90.7 Å². The van der Waals surface area contributed by atoms with Crippen LogP contribution < -0.4 is 4.90 Å². The second kappa shape index (κ2) is 7.05. The van der Waals surface area contributed by atoms with E-state index in [9.17, 15) is 0 Å². The van der Waals surface area contributed by atoms with Gasteiger partial charge in [-0.05, 0) is 58.0 Å². The van der Waals surface area contributed by atoms with Gasteiger partial charge >= 0.3 is 0 Å². The van der Waals surface area contributed by atoms with E-state index in [0.29, 0.717) is 12.0 Å². The van der Waals surface area contributed by atoms with Crippen LogP contribution in [0.1, 0.15) is 81.2 Å². The predicted molar refractivity (Wildman–Crippen MR) is 106 cm³/mol. The van der Waals surface area contributed by atoms with Crippen molar-refractivity contribution in [2.75, 3.05) is 4.90 Å². The van der Waals surface area contributed by atoms with Crippen molar-refractivity contribution in [1.29, 1.82) is 0 Å². The minimum atomic E-state index is -2.05. The number of nitrogens with zero attached hydrogens (tertiary/aromatic N) is 2. The van der Waals surface area contributed by atoms with E-state index >= 15 is 0 Å². The second-order valence-electron chi connectivity index (χ2n) is 8.18. The molecule has 1 aliphatic heterocycles. The predicted octanol–water partition coefficient (Wildman–Crippen LogP) is 6.22. The van der Waals surface area contributed by atoms with E-state index in [1.165, 1.54) is 56.3 Å². The molecule has 1 unspecified atom stereocenters. The normalized spacial score (nSPS) is 28.4. The fraction of sp³-hybridized carbons (Fsp3) is 0.652. The summed E-state index contributed by atoms with van der Waals surface area (Å²) in [7, 11) is 0. The lowest BCUT2D eigenvalue weighted by molar-refractivity contribution is 0.155. The molecule has 1 aromatic carbocycles. The topological polar surface area (TPSA) is 6.48 Å². The summed E-state index contributed by atoms with van der Waals surface area (Å²) in [6.07, 6.45) is 10.3. The summed E-state index contributed by atoms with van der Waals surface area (Å²) in [5.41, 5.74) is 4.71. The van der Waals surface area contributed by atoms with Gasteiger partial charge in [-0.15, -0.1) is 0 Å². The summed E-state index contributed by atoms with van der Waals surface area (Å²) >= 11 is 0. The molecular weight excluding hydrogens is 304 g/mol. The third kappa shape index (κ3) is 2.98. The molecule has 3 aliphatic rings. The van der Waals surface area contributed by atoms with Gasteiger partial charge in [-0.1, -0.05) is 50.3 Å². The van der Waals surface area contributed by atoms with E-state index < -0.39 is 13.0 Å². The zero-order chi connectivity index (χ0) is 19.9. The van der Waals surface area contributed by atoms with Gasteiger partial charge in [0, 0.05) is 33.2 Å². The Hall–Kier alpha value is -1.44. The van der Waals surface area contributed by atoms with Crippen LogP contribution in [0.15, 0.2) is 35.7 Å². The first kappa shape index (κ1) is 13.7. The number of hydrogen-bond acceptors (Lipinski definition) is 2. The number of para-hydroxylation sites is 1. The van der Waals surface area contributed by atoms with Crippen LogP contribution >= 0.6 is 0 Å². The molecule has 2 fully saturated rings. The average molecular weight is 342 g/mol. The minimum Gasteiger partial charge on any atom is -0.350 e. The maximum atomic E-state index is 8.50. The maximum absolute atomic E-state index is 8.50. The van der Waals surface area contributed by atoms with Gasteiger partial charge in [-0.25, -0.2) is 0 Å². The highest BCUT2D eigenvalue weighted by atomic mass is 15.4. The van der Waals surface area contributed by atoms with Crippen LogP contribution in [0.2, 0.25) is 0 Å². The molecule has 0 saturated heterocycles. The first-order valence-electron chi connectivity index (χ1n) is 11.7. The Morgan fingerprint density at radius 1 is 0.920 bits per heavy atom. The molecule has 1 aromatic rings. The monoisotopic (exact) mass is 341 g/mol. The largest absolute Gasteiger partial charge is 0.350 e. The first-order chi connectivity index (χ1) is 13.4. The van der Waals surface area contributed by atoms with Crippen LogP contribution in [0.3, 0.4) is 0 Å². The van der Waals surface area contributed by atoms with Gasteiger partial charge < -0.3 is 9.80 Å². The Morgan fingerprint density at radius 2 is 1.60 bits per heavy atom. The molecule has 2 aliphatic carbocycles. The lowest BCUT2D eigenvalue weighted by Crippen LogP contribution is -2.45. The van der Waals surface area contributed by atoms with Crippen LogP contribution in [0.25, 0.3) is 0 Å². The number of benzene rings is 1. The molecule has 1 atom stereocenters. The summed E-state index contributed by atoms with van der Waals surface area (Å²) < 4.78 is 25.5. The number of aryl methyl sites for hydroxylation is 1. The zero-order valence-electron chi connectivity index (χ0n) is 18.8. The third-order valence-corrected chi connectivity index (χ3v) is 6.60. The first-order valence-corrected chi connectivity index (χ1v) is 10.2. The Kier molecular flexibility index (Phi) is 3.87. The van der Waals surface area contributed by atoms with Crippen LogP contribution in [0.5, 0.6) is 0 Å². The molecule has 0 spiro atoms. The van der Waals surface area contributed by atoms with Gasteiger partial charge in [-0.3, -0.25) is 0 Å². The van der Waals surface area contributed by atoms with Gasteiger partial charge in [0.15, 0.2) is 0 Å². The van der Waals surface area contributed by atoms with Gasteiger partial charge in [0.1, 0.15) is 6.17 Å². The zero-order valence-corrected chi connectivity index (χ0v) is 15.8. The van der Waals surface area contributed by atoms with Crippen molar-refractivity contribution in [1.82, 2.24) is 4.90 Å². The van der Waals surface area contributed by atoms with Crippen LogP contribution in [-0.4, -0.2) is 17.1 Å². The van der Waals surface area contributed by atoms with Crippen molar-refractivity contribution in [3.8, 4) is 0 Å². The fourth-order valence-electron chi connectivity index (χ4n) is 5.36. The Bertz CT molecular complexity index is 728. The highest BCUT2D eigenvalue weighted by Crippen LogP contribution is 2.45. The van der Waals surface area contributed by atoms with Crippen molar-refractivity contribution in [2.24, 2.45) is 5.92 Å². The maximum Gasteiger partial charge on any atom is 0.103 e. The van der Waals surface area contributed by atoms with Gasteiger partial charge in [0.05, 0.1) is 0 Å². The van der Waals surface area contributed by atoms with E-state index in [-0.39, 0.29) is 0 Å². The third-order valence-electron chi connectivity index (χ3n) is 6.60. The summed E-state index contributed by atoms with van der Waals surface area (Å²) in [5, 5.41) is 0. The minimum absolute atomic E-state index is 0.360. The lowest BCUT2D eigenvalue weighted by atomic mass is 9.91. The number of allylic oxidation sites excluding steroid dienone is 2. The molecule has 0 amide bonds. The van der Waals surface area contributed by atoms with Crippen molar-refractivity contribution in [3.05, 3.63) is 41.2 Å². The summed E-state index contributed by atoms with van der Waals surface area (Å²) in [5.74, 6) is 0.515. The molecule has 4 rings (SSSR count). The summed E-state index contributed by atoms with van der Waals surface area (Å²) in [6.45, 7) is 2.21. The van der Waals surface area contributed by atoms with E-state index in [2.05, 4.69) is 35.8 Å². The SMILES string of the molecule is [2H]C([2H])([2H])C1N(c2ccccc2C)C(C)=C(C2CCCC2)N1C1CCCCC1. The van der Waals surface area contributed by atoms with Crippen molar-refractivity contribution < 1.29 is 4.11 Å². The smallest absolute Gasteiger partial charge is 0.103 e. The fourth-order valence-corrected chi connectivity index (χ4v) is 5.36. The summed E-state index contributed by atoms with van der Waals surface area (Å²) in [6, 6.07) is 8.62. The highest BCUT2D eigenvalue weighted by Gasteiger charge is 2.41. The standard InChI is InChI=1S/C23H34N2/c1-17-11-7-10-16-22(17)24-18(2)23(20-12-8-9-13-20)25(19(24)3)21-14-5-4-6-15-21/h7,10-11,16,19-21H,4-6,8-9,12-15H2,1-3H3/i3D3. The molecule has 2 heteroatoms. The molecule has 25 heavy (non-hydrogen) atoms. The molecule has 2 nitrogen and oxygen atoms in total. The van der Waals surface area contributed by atoms with Gasteiger partial charge in [0.2, 0.25) is 0 Å². The molecule has 1 heterocycles. The van der Waals surface area contributed by atoms with Crippen LogP contribution in [0, 0.1) is 12.8 Å². The van der Waals surface area contributed by atoms with E-state index in [1.807, 2.05) is 12.1 Å². The Balaban J connectivity index is 1.85. The van der Waals surface area contributed by atoms with Crippen molar-refractivity contribution >= 4 is 5.69 Å². The van der Waals surface area contributed by atoms with E-state index in [4.69, 9.17) is 4.11 Å². The molecule has 136 valence electrons. The Morgan fingerprint density at radius 3 is 2.28 bits per heavy atom. The molecule has 0 bridgehead atoms. The molecule has 0 radical (unpaired) electrons. The highest BCUT2D eigenvalue weighted by molar-refractivity contribution is 5.60. The van der Waals surface area contributed by atoms with E-state index in [0.717, 1.165) is 24.1 Å². The number of rotatable bonds is 3. The van der Waals surface area contributed by atoms with Crippen LogP contribution in [-0.2, 0) is 0 Å².